The third-order valence-corrected chi connectivity index (χ3v) is 6.30. The number of hydrogen-bond acceptors (Lipinski definition) is 6. The minimum Gasteiger partial charge on any atom is -0.462 e. The van der Waals surface area contributed by atoms with E-state index in [0.717, 1.165) is 16.0 Å². The molecule has 39 heavy (non-hydrogen) atoms. The molecule has 3 aromatic carbocycles. The van der Waals surface area contributed by atoms with Crippen LogP contribution in [0.15, 0.2) is 72.8 Å². The van der Waals surface area contributed by atoms with Crippen LogP contribution in [-0.2, 0) is 14.3 Å². The fourth-order valence-electron chi connectivity index (χ4n) is 3.82. The first-order valence-electron chi connectivity index (χ1n) is 11.7. The Bertz CT molecular complexity index is 1430. The Hall–Kier alpha value is -4.35. The summed E-state index contributed by atoms with van der Waals surface area (Å²) in [6.45, 7) is 1.89. The Kier molecular flexibility index (Phi) is 8.52. The average molecular weight is 569 g/mol. The summed E-state index contributed by atoms with van der Waals surface area (Å²) in [6, 6.07) is 16.1. The number of esters is 1. The Morgan fingerprint density at radius 1 is 1.03 bits per heavy atom. The van der Waals surface area contributed by atoms with Crippen molar-refractivity contribution in [2.75, 3.05) is 16.8 Å². The number of thiocarbonyl (C=S) groups is 1. The zero-order valence-electron chi connectivity index (χ0n) is 20.5. The van der Waals surface area contributed by atoms with Crippen LogP contribution in [0.25, 0.3) is 0 Å². The van der Waals surface area contributed by atoms with Gasteiger partial charge in [-0.15, -0.1) is 0 Å². The van der Waals surface area contributed by atoms with Crippen LogP contribution >= 0.6 is 23.8 Å². The topological polar surface area (TPSA) is 108 Å². The number of ether oxygens (including phenoxy) is 1. The number of nitrogens with zero attached hydrogens (tertiary/aromatic N) is 2. The van der Waals surface area contributed by atoms with E-state index in [1.54, 1.807) is 31.2 Å². The van der Waals surface area contributed by atoms with E-state index in [2.05, 4.69) is 10.7 Å². The molecule has 3 aromatic rings. The van der Waals surface area contributed by atoms with Crippen LogP contribution in [0.1, 0.15) is 34.1 Å². The molecule has 0 aliphatic carbocycles. The SMILES string of the molecule is CCOC(=O)c1ccc(N2C(=O)[C@H](CC(=O)Nc3ccc(Cl)cc3)N(NC(=O)c3cccc(F)c3)C2=S)cc1. The quantitative estimate of drug-likeness (QED) is 0.307. The van der Waals surface area contributed by atoms with Gasteiger partial charge in [-0.1, -0.05) is 17.7 Å². The van der Waals surface area contributed by atoms with Gasteiger partial charge in [-0.05, 0) is 85.9 Å². The molecule has 1 heterocycles. The molecule has 4 rings (SSSR count). The Balaban J connectivity index is 1.60. The van der Waals surface area contributed by atoms with Crippen molar-refractivity contribution in [3.63, 3.8) is 0 Å². The van der Waals surface area contributed by atoms with Gasteiger partial charge in [0.15, 0.2) is 0 Å². The van der Waals surface area contributed by atoms with E-state index >= 15 is 0 Å². The Morgan fingerprint density at radius 3 is 2.36 bits per heavy atom. The molecule has 1 saturated heterocycles. The molecule has 0 saturated carbocycles. The van der Waals surface area contributed by atoms with Crippen molar-refractivity contribution in [2.24, 2.45) is 0 Å². The number of amides is 3. The van der Waals surface area contributed by atoms with Crippen molar-refractivity contribution in [2.45, 2.75) is 19.4 Å². The second-order valence-electron chi connectivity index (χ2n) is 8.32. The highest BCUT2D eigenvalue weighted by atomic mass is 35.5. The minimum atomic E-state index is -1.22. The molecular weight excluding hydrogens is 547 g/mol. The van der Waals surface area contributed by atoms with Gasteiger partial charge in [0.2, 0.25) is 11.0 Å². The number of halogens is 2. The van der Waals surface area contributed by atoms with Gasteiger partial charge in [0, 0.05) is 16.3 Å². The van der Waals surface area contributed by atoms with Crippen LogP contribution in [0, 0.1) is 5.82 Å². The molecule has 1 aliphatic heterocycles. The molecule has 0 spiro atoms. The largest absolute Gasteiger partial charge is 0.462 e. The lowest BCUT2D eigenvalue weighted by molar-refractivity contribution is -0.124. The Morgan fingerprint density at radius 2 is 1.72 bits per heavy atom. The molecular formula is C27H22ClFN4O5S. The summed E-state index contributed by atoms with van der Waals surface area (Å²) in [5, 5.41) is 4.16. The highest BCUT2D eigenvalue weighted by Gasteiger charge is 2.45. The zero-order valence-corrected chi connectivity index (χ0v) is 22.1. The summed E-state index contributed by atoms with van der Waals surface area (Å²) in [4.78, 5) is 52.5. The summed E-state index contributed by atoms with van der Waals surface area (Å²) in [5.41, 5.74) is 3.56. The lowest BCUT2D eigenvalue weighted by Crippen LogP contribution is -2.49. The van der Waals surface area contributed by atoms with Gasteiger partial charge < -0.3 is 10.1 Å². The molecule has 1 aliphatic rings. The van der Waals surface area contributed by atoms with Crippen LogP contribution in [0.2, 0.25) is 5.02 Å². The van der Waals surface area contributed by atoms with E-state index < -0.39 is 35.5 Å². The number of rotatable bonds is 8. The van der Waals surface area contributed by atoms with Gasteiger partial charge in [0.1, 0.15) is 11.9 Å². The number of benzene rings is 3. The van der Waals surface area contributed by atoms with Crippen LogP contribution in [-0.4, -0.2) is 46.5 Å². The first-order valence-corrected chi connectivity index (χ1v) is 12.5. The number of nitrogens with one attached hydrogen (secondary N) is 2. The molecule has 0 bridgehead atoms. The molecule has 0 radical (unpaired) electrons. The van der Waals surface area contributed by atoms with E-state index in [1.165, 1.54) is 42.5 Å². The van der Waals surface area contributed by atoms with Crippen molar-refractivity contribution in [3.8, 4) is 0 Å². The second kappa shape index (κ2) is 12.0. The van der Waals surface area contributed by atoms with Gasteiger partial charge in [-0.25, -0.2) is 14.2 Å². The molecule has 3 amide bonds. The fourth-order valence-corrected chi connectivity index (χ4v) is 4.32. The van der Waals surface area contributed by atoms with Gasteiger partial charge >= 0.3 is 5.97 Å². The molecule has 1 atom stereocenters. The molecule has 12 heteroatoms. The standard InChI is InChI=1S/C27H22ClFN4O5S/c1-2-38-26(37)16-6-12-21(13-7-16)32-25(36)22(15-23(34)30-20-10-8-18(28)9-11-20)33(27(32)39)31-24(35)17-4-3-5-19(29)14-17/h3-14,22H,2,15H2,1H3,(H,30,34)(H,31,35)/t22-/m0/s1. The maximum atomic E-state index is 13.7. The minimum absolute atomic E-state index is 0.00754. The van der Waals surface area contributed by atoms with Crippen LogP contribution in [0.5, 0.6) is 0 Å². The zero-order chi connectivity index (χ0) is 28.1. The smallest absolute Gasteiger partial charge is 0.338 e. The first-order chi connectivity index (χ1) is 18.7. The number of carbonyl (C=O) groups is 4. The van der Waals surface area contributed by atoms with Crippen molar-refractivity contribution < 1.29 is 28.3 Å². The number of carbonyl (C=O) groups excluding carboxylic acids is 4. The highest BCUT2D eigenvalue weighted by molar-refractivity contribution is 7.80. The van der Waals surface area contributed by atoms with Crippen molar-refractivity contribution >= 4 is 64.0 Å². The lowest BCUT2D eigenvalue weighted by atomic mass is 10.1. The molecule has 2 N–H and O–H groups in total. The van der Waals surface area contributed by atoms with E-state index in [4.69, 9.17) is 28.6 Å². The third-order valence-electron chi connectivity index (χ3n) is 5.67. The molecule has 9 nitrogen and oxygen atoms in total. The second-order valence-corrected chi connectivity index (χ2v) is 9.12. The monoisotopic (exact) mass is 568 g/mol. The summed E-state index contributed by atoms with van der Waals surface area (Å²) >= 11 is 11.4. The predicted octanol–water partition coefficient (Wildman–Crippen LogP) is 4.33. The lowest BCUT2D eigenvalue weighted by Gasteiger charge is -2.24. The summed E-state index contributed by atoms with van der Waals surface area (Å²) in [6.07, 6.45) is -0.373. The highest BCUT2D eigenvalue weighted by Crippen LogP contribution is 2.27. The van der Waals surface area contributed by atoms with Crippen molar-refractivity contribution in [1.82, 2.24) is 10.4 Å². The predicted molar refractivity (Wildman–Crippen MR) is 147 cm³/mol. The van der Waals surface area contributed by atoms with Crippen LogP contribution in [0.3, 0.4) is 0 Å². The van der Waals surface area contributed by atoms with Gasteiger partial charge in [-0.2, -0.15) is 0 Å². The molecule has 0 aromatic heterocycles. The summed E-state index contributed by atoms with van der Waals surface area (Å²) in [7, 11) is 0. The van der Waals surface area contributed by atoms with E-state index in [1.807, 2.05) is 0 Å². The summed E-state index contributed by atoms with van der Waals surface area (Å²) < 4.78 is 18.7. The maximum absolute atomic E-state index is 13.7. The first kappa shape index (κ1) is 27.7. The Labute approximate surface area is 233 Å². The summed E-state index contributed by atoms with van der Waals surface area (Å²) in [5.74, 6) is -2.99. The van der Waals surface area contributed by atoms with Gasteiger partial charge in [0.25, 0.3) is 11.8 Å². The number of hydrazine groups is 1. The normalized spacial score (nSPS) is 14.8. The van der Waals surface area contributed by atoms with E-state index in [9.17, 15) is 23.6 Å². The number of hydrogen-bond donors (Lipinski definition) is 2. The van der Waals surface area contributed by atoms with Crippen LogP contribution in [0.4, 0.5) is 15.8 Å². The maximum Gasteiger partial charge on any atom is 0.338 e. The third kappa shape index (κ3) is 6.39. The fraction of sp³-hybridized carbons (Fsp3) is 0.148. The van der Waals surface area contributed by atoms with Crippen LogP contribution < -0.4 is 15.6 Å². The van der Waals surface area contributed by atoms with Crippen molar-refractivity contribution in [1.29, 1.82) is 0 Å². The average Bonchev–Trinajstić information content (AvgIpc) is 3.14. The van der Waals surface area contributed by atoms with Gasteiger partial charge in [0.05, 0.1) is 24.3 Å². The van der Waals surface area contributed by atoms with E-state index in [-0.39, 0.29) is 29.3 Å². The molecule has 200 valence electrons. The van der Waals surface area contributed by atoms with Crippen molar-refractivity contribution in [3.05, 3.63) is 94.8 Å². The van der Waals surface area contributed by atoms with Gasteiger partial charge in [-0.3, -0.25) is 24.7 Å². The molecule has 1 fully saturated rings. The molecule has 0 unspecified atom stereocenters. The van der Waals surface area contributed by atoms with E-state index in [0.29, 0.717) is 16.4 Å². The number of anilines is 2.